The highest BCUT2D eigenvalue weighted by Gasteiger charge is 2.61. The number of hydrogen-bond acceptors (Lipinski definition) is 2. The minimum atomic E-state index is 0.224. The Bertz CT molecular complexity index is 883. The molecule has 0 aromatic heterocycles. The van der Waals surface area contributed by atoms with E-state index in [0.717, 1.165) is 38.0 Å². The van der Waals surface area contributed by atoms with Gasteiger partial charge in [0.2, 0.25) is 0 Å². The van der Waals surface area contributed by atoms with Crippen LogP contribution in [0.3, 0.4) is 0 Å². The lowest BCUT2D eigenvalue weighted by Crippen LogP contribution is -2.52. The van der Waals surface area contributed by atoms with Crippen LogP contribution in [0.1, 0.15) is 83.6 Å². The Hall–Kier alpha value is -1.70. The SMILES string of the molecule is CC(=O)[C@H]1CC[C@H]2[C@@H]3CCC4=CC(=O)CC[C@]4(C)[C@H]3CC[C@]12CCCc1ccccc1. The second-order valence-corrected chi connectivity index (χ2v) is 11.3. The maximum atomic E-state index is 12.8. The zero-order valence-corrected chi connectivity index (χ0v) is 19.4. The van der Waals surface area contributed by atoms with Gasteiger partial charge >= 0.3 is 0 Å². The molecule has 0 amide bonds. The normalized spacial score (nSPS) is 39.3. The molecule has 0 bridgehead atoms. The fourth-order valence-electron chi connectivity index (χ4n) is 8.73. The van der Waals surface area contributed by atoms with Gasteiger partial charge in [-0.25, -0.2) is 0 Å². The van der Waals surface area contributed by atoms with Crippen molar-refractivity contribution in [2.45, 2.75) is 84.5 Å². The van der Waals surface area contributed by atoms with E-state index in [1.807, 2.05) is 13.0 Å². The second kappa shape index (κ2) is 8.01. The standard InChI is InChI=1S/C29H38O2/c1-20(30)25-12-13-27-24-11-10-22-19-23(31)14-17-28(22,2)26(24)15-18-29(25,27)16-6-9-21-7-4-3-5-8-21/h3-5,7-8,19,24-27H,6,9-18H2,1-2H3/t24-,25-,26+,27+,28+,29-/m1/s1. The molecule has 3 fully saturated rings. The van der Waals surface area contributed by atoms with E-state index >= 15 is 0 Å². The Morgan fingerprint density at radius 3 is 2.58 bits per heavy atom. The number of carbonyl (C=O) groups is 2. The number of hydrogen-bond donors (Lipinski definition) is 0. The molecule has 0 aliphatic heterocycles. The van der Waals surface area contributed by atoms with Crippen LogP contribution in [0.5, 0.6) is 0 Å². The van der Waals surface area contributed by atoms with E-state index < -0.39 is 0 Å². The summed E-state index contributed by atoms with van der Waals surface area (Å²) in [5, 5.41) is 0. The Kier molecular flexibility index (Phi) is 5.47. The zero-order valence-electron chi connectivity index (χ0n) is 19.4. The van der Waals surface area contributed by atoms with Gasteiger partial charge in [-0.1, -0.05) is 42.8 Å². The van der Waals surface area contributed by atoms with Crippen molar-refractivity contribution >= 4 is 11.6 Å². The molecular formula is C29H38O2. The molecule has 5 rings (SSSR count). The third kappa shape index (κ3) is 3.45. The molecule has 2 nitrogen and oxygen atoms in total. The number of fused-ring (bicyclic) bond motifs is 5. The summed E-state index contributed by atoms with van der Waals surface area (Å²) < 4.78 is 0. The van der Waals surface area contributed by atoms with Crippen LogP contribution >= 0.6 is 0 Å². The average molecular weight is 419 g/mol. The predicted molar refractivity (Wildman–Crippen MR) is 125 cm³/mol. The minimum Gasteiger partial charge on any atom is -0.300 e. The summed E-state index contributed by atoms with van der Waals surface area (Å²) >= 11 is 0. The quantitative estimate of drug-likeness (QED) is 0.531. The Morgan fingerprint density at radius 2 is 1.81 bits per heavy atom. The molecule has 0 saturated heterocycles. The Labute approximate surface area is 187 Å². The van der Waals surface area contributed by atoms with Crippen molar-refractivity contribution in [2.24, 2.45) is 34.5 Å². The first-order valence-corrected chi connectivity index (χ1v) is 12.7. The van der Waals surface area contributed by atoms with Gasteiger partial charge in [-0.3, -0.25) is 9.59 Å². The Morgan fingerprint density at radius 1 is 1.00 bits per heavy atom. The zero-order chi connectivity index (χ0) is 21.6. The van der Waals surface area contributed by atoms with Crippen molar-refractivity contribution in [3.63, 3.8) is 0 Å². The fourth-order valence-corrected chi connectivity index (χ4v) is 8.73. The van der Waals surface area contributed by atoms with E-state index in [1.165, 1.54) is 49.7 Å². The topological polar surface area (TPSA) is 34.1 Å². The summed E-state index contributed by atoms with van der Waals surface area (Å²) in [6.07, 6.45) is 14.4. The van der Waals surface area contributed by atoms with Gasteiger partial charge in [0, 0.05) is 12.3 Å². The molecule has 0 N–H and O–H groups in total. The molecule has 6 atom stereocenters. The van der Waals surface area contributed by atoms with Gasteiger partial charge in [-0.15, -0.1) is 0 Å². The molecule has 0 heterocycles. The Balaban J connectivity index is 1.40. The van der Waals surface area contributed by atoms with E-state index in [4.69, 9.17) is 0 Å². The van der Waals surface area contributed by atoms with Crippen molar-refractivity contribution < 1.29 is 9.59 Å². The largest absolute Gasteiger partial charge is 0.300 e. The van der Waals surface area contributed by atoms with Crippen molar-refractivity contribution in [1.82, 2.24) is 0 Å². The summed E-state index contributed by atoms with van der Waals surface area (Å²) in [5.74, 6) is 3.20. The molecule has 3 saturated carbocycles. The van der Waals surface area contributed by atoms with Crippen molar-refractivity contribution in [3.8, 4) is 0 Å². The molecule has 166 valence electrons. The molecule has 0 radical (unpaired) electrons. The van der Waals surface area contributed by atoms with E-state index in [2.05, 4.69) is 37.3 Å². The second-order valence-electron chi connectivity index (χ2n) is 11.3. The first-order chi connectivity index (χ1) is 14.9. The van der Waals surface area contributed by atoms with Gasteiger partial charge in [0.05, 0.1) is 0 Å². The predicted octanol–water partition coefficient (Wildman–Crippen LogP) is 6.73. The van der Waals surface area contributed by atoms with Crippen LogP contribution < -0.4 is 0 Å². The van der Waals surface area contributed by atoms with Gasteiger partial charge in [-0.2, -0.15) is 0 Å². The number of rotatable bonds is 5. The minimum absolute atomic E-state index is 0.224. The molecule has 0 spiro atoms. The number of carbonyl (C=O) groups excluding carboxylic acids is 2. The third-order valence-corrected chi connectivity index (χ3v) is 10.1. The van der Waals surface area contributed by atoms with Crippen LogP contribution in [0.25, 0.3) is 0 Å². The third-order valence-electron chi connectivity index (χ3n) is 10.1. The van der Waals surface area contributed by atoms with Crippen LogP contribution in [0.4, 0.5) is 0 Å². The van der Waals surface area contributed by atoms with Gasteiger partial charge in [0.1, 0.15) is 5.78 Å². The number of aryl methyl sites for hydroxylation is 1. The molecule has 0 unspecified atom stereocenters. The molecule has 1 aromatic carbocycles. The summed E-state index contributed by atoms with van der Waals surface area (Å²) in [5.41, 5.74) is 3.32. The monoisotopic (exact) mass is 418 g/mol. The van der Waals surface area contributed by atoms with Crippen LogP contribution in [0.15, 0.2) is 42.0 Å². The maximum Gasteiger partial charge on any atom is 0.155 e. The van der Waals surface area contributed by atoms with Gasteiger partial charge in [0.15, 0.2) is 5.78 Å². The van der Waals surface area contributed by atoms with Crippen molar-refractivity contribution in [2.75, 3.05) is 0 Å². The number of allylic oxidation sites excluding steroid dienone is 1. The highest BCUT2D eigenvalue weighted by Crippen LogP contribution is 2.68. The molecule has 1 aromatic rings. The lowest BCUT2D eigenvalue weighted by Gasteiger charge is -2.59. The van der Waals surface area contributed by atoms with E-state index in [1.54, 1.807) is 0 Å². The maximum absolute atomic E-state index is 12.8. The van der Waals surface area contributed by atoms with Crippen molar-refractivity contribution in [3.05, 3.63) is 47.5 Å². The van der Waals surface area contributed by atoms with E-state index in [9.17, 15) is 9.59 Å². The van der Waals surface area contributed by atoms with Crippen LogP contribution in [-0.2, 0) is 16.0 Å². The highest BCUT2D eigenvalue weighted by atomic mass is 16.1. The average Bonchev–Trinajstić information content (AvgIpc) is 3.15. The number of ketones is 2. The van der Waals surface area contributed by atoms with Crippen molar-refractivity contribution in [1.29, 1.82) is 0 Å². The molecular weight excluding hydrogens is 380 g/mol. The number of benzene rings is 1. The van der Waals surface area contributed by atoms with Crippen LogP contribution in [-0.4, -0.2) is 11.6 Å². The molecule has 31 heavy (non-hydrogen) atoms. The molecule has 2 heteroatoms. The van der Waals surface area contributed by atoms with Gasteiger partial charge < -0.3 is 0 Å². The lowest BCUT2D eigenvalue weighted by atomic mass is 9.45. The summed E-state index contributed by atoms with van der Waals surface area (Å²) in [4.78, 5) is 24.9. The number of Topliss-reactive ketones (excluding diaryl/α,β-unsaturated/α-hetero) is 1. The first-order valence-electron chi connectivity index (χ1n) is 12.7. The molecule has 4 aliphatic carbocycles. The fraction of sp³-hybridized carbons (Fsp3) is 0.655. The summed E-state index contributed by atoms with van der Waals surface area (Å²) in [6, 6.07) is 10.8. The lowest BCUT2D eigenvalue weighted by molar-refractivity contribution is -0.130. The van der Waals surface area contributed by atoms with E-state index in [-0.39, 0.29) is 16.7 Å². The molecule has 4 aliphatic rings. The summed E-state index contributed by atoms with van der Waals surface area (Å²) in [6.45, 7) is 4.32. The smallest absolute Gasteiger partial charge is 0.155 e. The first kappa shape index (κ1) is 21.2. The van der Waals surface area contributed by atoms with Crippen LogP contribution in [0, 0.1) is 34.5 Å². The van der Waals surface area contributed by atoms with Gasteiger partial charge in [-0.05, 0) is 111 Å². The van der Waals surface area contributed by atoms with Gasteiger partial charge in [0.25, 0.3) is 0 Å². The highest BCUT2D eigenvalue weighted by molar-refractivity contribution is 5.91. The van der Waals surface area contributed by atoms with Crippen LogP contribution in [0.2, 0.25) is 0 Å². The summed E-state index contributed by atoms with van der Waals surface area (Å²) in [7, 11) is 0. The van der Waals surface area contributed by atoms with E-state index in [0.29, 0.717) is 23.4 Å².